The maximum atomic E-state index is 6.63. The molecule has 0 fully saturated rings. The molecule has 0 N–H and O–H groups in total. The Morgan fingerprint density at radius 3 is 1.88 bits per heavy atom. The second-order valence-electron chi connectivity index (χ2n) is 13.3. The van der Waals surface area contributed by atoms with E-state index in [1.54, 1.807) is 0 Å². The summed E-state index contributed by atoms with van der Waals surface area (Å²) < 4.78 is 8.89. The van der Waals surface area contributed by atoms with Crippen molar-refractivity contribution in [2.45, 2.75) is 0 Å². The Kier molecular flexibility index (Phi) is 5.95. The third kappa shape index (κ3) is 3.84. The average Bonchev–Trinajstić information content (AvgIpc) is 3.85. The van der Waals surface area contributed by atoms with E-state index >= 15 is 0 Å². The smallest absolute Gasteiger partial charge is 0.235 e. The predicted molar refractivity (Wildman–Crippen MR) is 212 cm³/mol. The Morgan fingerprint density at radius 1 is 0.490 bits per heavy atom. The van der Waals surface area contributed by atoms with Crippen LogP contribution >= 0.6 is 0 Å². The SMILES string of the molecule is c1ccc(-c2nc(-n3c4ccccc4c4c5oc6ccccc6c5ccc43)nc3c2-c2ccccc2[Si]3(c2ccccc2)c2ccccc2)cc1. The fraction of sp³-hybridized carbons (Fsp3) is 0. The van der Waals surface area contributed by atoms with Gasteiger partial charge in [0.1, 0.15) is 11.2 Å². The molecule has 5 heteroatoms. The van der Waals surface area contributed by atoms with Gasteiger partial charge in [0.05, 0.1) is 27.4 Å². The van der Waals surface area contributed by atoms with Crippen molar-refractivity contribution >= 4 is 72.7 Å². The zero-order valence-corrected chi connectivity index (χ0v) is 28.5. The van der Waals surface area contributed by atoms with Gasteiger partial charge in [-0.3, -0.25) is 4.57 Å². The Bertz CT molecular complexity index is 2930. The molecule has 0 atom stereocenters. The van der Waals surface area contributed by atoms with Gasteiger partial charge in [-0.1, -0.05) is 152 Å². The summed E-state index contributed by atoms with van der Waals surface area (Å²) in [5, 5.41) is 9.46. The number of fused-ring (bicyclic) bond motifs is 10. The standard InChI is InChI=1S/C46H29N3OSi/c1-4-16-30(17-5-1)43-42-36-24-12-15-27-40(36)51(31-18-6-2-7-19-31,32-20-8-3-9-21-32)45(42)48-46(47-43)49-37-25-13-10-23-35(37)41-38(49)29-28-34-33-22-11-14-26-39(33)50-44(34)41/h1-29H. The van der Waals surface area contributed by atoms with Crippen molar-refractivity contribution in [1.82, 2.24) is 14.5 Å². The van der Waals surface area contributed by atoms with E-state index in [2.05, 4.69) is 168 Å². The molecule has 0 saturated heterocycles. The summed E-state index contributed by atoms with van der Waals surface area (Å²) in [4.78, 5) is 11.4. The normalized spacial score (nSPS) is 13.3. The summed E-state index contributed by atoms with van der Waals surface area (Å²) in [6.45, 7) is 0. The molecule has 0 unspecified atom stereocenters. The van der Waals surface area contributed by atoms with E-state index in [9.17, 15) is 0 Å². The summed E-state index contributed by atoms with van der Waals surface area (Å²) in [5.41, 5.74) is 8.18. The van der Waals surface area contributed by atoms with Crippen LogP contribution in [0.15, 0.2) is 180 Å². The second-order valence-corrected chi connectivity index (χ2v) is 16.9. The van der Waals surface area contributed by atoms with E-state index in [-0.39, 0.29) is 0 Å². The van der Waals surface area contributed by atoms with E-state index < -0.39 is 8.07 Å². The highest BCUT2D eigenvalue weighted by Crippen LogP contribution is 2.41. The number of furan rings is 1. The summed E-state index contributed by atoms with van der Waals surface area (Å²) in [6.07, 6.45) is 0. The van der Waals surface area contributed by atoms with Crippen LogP contribution in [0.1, 0.15) is 0 Å². The van der Waals surface area contributed by atoms with Crippen molar-refractivity contribution in [3.8, 4) is 28.3 Å². The first-order valence-corrected chi connectivity index (χ1v) is 19.3. The van der Waals surface area contributed by atoms with E-state index in [0.29, 0.717) is 5.95 Å². The van der Waals surface area contributed by atoms with Crippen LogP contribution in [0.3, 0.4) is 0 Å². The minimum atomic E-state index is -2.92. The average molecular weight is 668 g/mol. The van der Waals surface area contributed by atoms with Crippen molar-refractivity contribution in [3.05, 3.63) is 176 Å². The number of para-hydroxylation sites is 2. The zero-order valence-electron chi connectivity index (χ0n) is 27.5. The van der Waals surface area contributed by atoms with Gasteiger partial charge in [0.2, 0.25) is 14.0 Å². The molecular weight excluding hydrogens is 639 g/mol. The molecule has 7 aromatic carbocycles. The van der Waals surface area contributed by atoms with Crippen LogP contribution in [0.5, 0.6) is 0 Å². The van der Waals surface area contributed by atoms with Crippen molar-refractivity contribution in [3.63, 3.8) is 0 Å². The molecule has 4 heterocycles. The van der Waals surface area contributed by atoms with Gasteiger partial charge in [-0.15, -0.1) is 0 Å². The fourth-order valence-electron chi connectivity index (χ4n) is 8.61. The first-order valence-electron chi connectivity index (χ1n) is 17.3. The van der Waals surface area contributed by atoms with Gasteiger partial charge in [-0.25, -0.2) is 9.97 Å². The Labute approximate surface area is 294 Å². The molecule has 3 aromatic heterocycles. The number of benzene rings is 7. The van der Waals surface area contributed by atoms with Crippen LogP contribution in [0.2, 0.25) is 0 Å². The molecular formula is C46H29N3OSi. The number of hydrogen-bond acceptors (Lipinski definition) is 3. The third-order valence-corrected chi connectivity index (χ3v) is 15.4. The van der Waals surface area contributed by atoms with Gasteiger partial charge < -0.3 is 4.42 Å². The van der Waals surface area contributed by atoms with E-state index in [4.69, 9.17) is 14.4 Å². The molecule has 0 amide bonds. The summed E-state index contributed by atoms with van der Waals surface area (Å²) >= 11 is 0. The lowest BCUT2D eigenvalue weighted by Gasteiger charge is -2.30. The van der Waals surface area contributed by atoms with Crippen molar-refractivity contribution in [2.24, 2.45) is 0 Å². The minimum absolute atomic E-state index is 0.658. The molecule has 1 aliphatic heterocycles. The number of rotatable bonds is 4. The van der Waals surface area contributed by atoms with E-state index in [0.717, 1.165) is 65.9 Å². The Morgan fingerprint density at radius 2 is 1.12 bits per heavy atom. The molecule has 10 aromatic rings. The first kappa shape index (κ1) is 28.3. The highest BCUT2D eigenvalue weighted by molar-refractivity contribution is 7.21. The van der Waals surface area contributed by atoms with Gasteiger partial charge in [0.15, 0.2) is 0 Å². The molecule has 0 bridgehead atoms. The fourth-order valence-corrected chi connectivity index (χ4v) is 13.6. The highest BCUT2D eigenvalue weighted by Gasteiger charge is 2.51. The number of aromatic nitrogens is 3. The Balaban J connectivity index is 1.32. The van der Waals surface area contributed by atoms with Crippen molar-refractivity contribution in [2.75, 3.05) is 0 Å². The van der Waals surface area contributed by atoms with E-state index in [1.165, 1.54) is 21.1 Å². The van der Waals surface area contributed by atoms with Crippen LogP contribution < -0.4 is 20.9 Å². The zero-order chi connectivity index (χ0) is 33.5. The van der Waals surface area contributed by atoms with Crippen LogP contribution in [0.25, 0.3) is 72.1 Å². The third-order valence-electron chi connectivity index (χ3n) is 10.7. The van der Waals surface area contributed by atoms with E-state index in [1.807, 2.05) is 12.1 Å². The summed E-state index contributed by atoms with van der Waals surface area (Å²) in [6, 6.07) is 62.9. The van der Waals surface area contributed by atoms with Crippen LogP contribution in [0, 0.1) is 0 Å². The van der Waals surface area contributed by atoms with Crippen molar-refractivity contribution < 1.29 is 4.42 Å². The lowest BCUT2D eigenvalue weighted by molar-refractivity contribution is 0.673. The molecule has 0 aliphatic carbocycles. The summed E-state index contributed by atoms with van der Waals surface area (Å²) in [5.74, 6) is 0.658. The molecule has 4 nitrogen and oxygen atoms in total. The minimum Gasteiger partial charge on any atom is -0.455 e. The van der Waals surface area contributed by atoms with Gasteiger partial charge in [-0.05, 0) is 45.4 Å². The highest BCUT2D eigenvalue weighted by atomic mass is 28.3. The van der Waals surface area contributed by atoms with Crippen LogP contribution in [-0.4, -0.2) is 22.6 Å². The van der Waals surface area contributed by atoms with Gasteiger partial charge in [0.25, 0.3) is 0 Å². The lowest BCUT2D eigenvalue weighted by Crippen LogP contribution is -2.73. The predicted octanol–water partition coefficient (Wildman–Crippen LogP) is 8.50. The van der Waals surface area contributed by atoms with Crippen LogP contribution in [-0.2, 0) is 0 Å². The Hall–Kier alpha value is -6.56. The first-order chi connectivity index (χ1) is 25.3. The topological polar surface area (TPSA) is 43.9 Å². The largest absolute Gasteiger partial charge is 0.455 e. The number of hydrogen-bond donors (Lipinski definition) is 0. The van der Waals surface area contributed by atoms with Gasteiger partial charge >= 0.3 is 0 Å². The van der Waals surface area contributed by atoms with Crippen molar-refractivity contribution in [1.29, 1.82) is 0 Å². The molecule has 11 rings (SSSR count). The molecule has 1 aliphatic rings. The molecule has 51 heavy (non-hydrogen) atoms. The number of nitrogens with zero attached hydrogens (tertiary/aromatic N) is 3. The molecule has 0 spiro atoms. The van der Waals surface area contributed by atoms with Gasteiger partial charge in [0, 0.05) is 27.3 Å². The molecule has 238 valence electrons. The molecule has 0 saturated carbocycles. The molecule has 0 radical (unpaired) electrons. The maximum Gasteiger partial charge on any atom is 0.235 e. The van der Waals surface area contributed by atoms with Gasteiger partial charge in [-0.2, -0.15) is 0 Å². The monoisotopic (exact) mass is 667 g/mol. The second kappa shape index (κ2) is 10.7. The summed E-state index contributed by atoms with van der Waals surface area (Å²) in [7, 11) is -2.92. The maximum absolute atomic E-state index is 6.63. The quantitative estimate of drug-likeness (QED) is 0.177. The lowest BCUT2D eigenvalue weighted by atomic mass is 10.0. The van der Waals surface area contributed by atoms with Crippen LogP contribution in [0.4, 0.5) is 0 Å².